The van der Waals surface area contributed by atoms with Crippen molar-refractivity contribution in [1.29, 1.82) is 0 Å². The van der Waals surface area contributed by atoms with E-state index in [1.807, 2.05) is 36.5 Å². The Morgan fingerprint density at radius 1 is 0.971 bits per heavy atom. The standard InChI is InChI=1S/C27H24BrFN4S/c1-16-14-21(11-12-23(16)28)33-26(25(31-27(33)34)24-6-4-5-13-30-24)22-15-17(2)32(18(22)3)20-9-7-19(29)8-10-20/h4-15,25-26H,1-3H3,(H,31,34)/t25-,26-/m1/s1. The monoisotopic (exact) mass is 534 g/mol. The normalized spacial score (nSPS) is 17.8. The molecule has 0 aliphatic carbocycles. The highest BCUT2D eigenvalue weighted by molar-refractivity contribution is 9.10. The molecule has 2 aromatic heterocycles. The lowest BCUT2D eigenvalue weighted by atomic mass is 9.96. The Kier molecular flexibility index (Phi) is 6.00. The molecule has 4 nitrogen and oxygen atoms in total. The van der Waals surface area contributed by atoms with Gasteiger partial charge in [0.1, 0.15) is 5.82 Å². The second-order valence-electron chi connectivity index (χ2n) is 8.57. The first-order chi connectivity index (χ1) is 16.3. The van der Waals surface area contributed by atoms with Crippen LogP contribution in [0.4, 0.5) is 10.1 Å². The van der Waals surface area contributed by atoms with E-state index in [1.54, 1.807) is 0 Å². The van der Waals surface area contributed by atoms with Gasteiger partial charge in [-0.2, -0.15) is 0 Å². The highest BCUT2D eigenvalue weighted by Crippen LogP contribution is 2.44. The minimum atomic E-state index is -0.247. The molecule has 5 rings (SSSR count). The zero-order chi connectivity index (χ0) is 24.0. The lowest BCUT2D eigenvalue weighted by molar-refractivity contribution is 0.565. The highest BCUT2D eigenvalue weighted by atomic mass is 79.9. The van der Waals surface area contributed by atoms with E-state index in [1.165, 1.54) is 12.1 Å². The maximum Gasteiger partial charge on any atom is 0.174 e. The van der Waals surface area contributed by atoms with Crippen molar-refractivity contribution in [2.75, 3.05) is 4.90 Å². The number of hydrogen-bond donors (Lipinski definition) is 1. The van der Waals surface area contributed by atoms with E-state index in [2.05, 4.69) is 80.7 Å². The van der Waals surface area contributed by atoms with Crippen LogP contribution in [0.15, 0.2) is 77.4 Å². The van der Waals surface area contributed by atoms with Gasteiger partial charge >= 0.3 is 0 Å². The number of hydrogen-bond acceptors (Lipinski definition) is 2. The zero-order valence-corrected chi connectivity index (χ0v) is 21.5. The van der Waals surface area contributed by atoms with Crippen molar-refractivity contribution in [3.05, 3.63) is 111 Å². The molecule has 0 unspecified atom stereocenters. The van der Waals surface area contributed by atoms with Crippen LogP contribution in [-0.4, -0.2) is 14.7 Å². The third-order valence-electron chi connectivity index (χ3n) is 6.39. The van der Waals surface area contributed by atoms with Gasteiger partial charge in [0.05, 0.1) is 17.8 Å². The molecule has 0 amide bonds. The van der Waals surface area contributed by atoms with Crippen molar-refractivity contribution in [2.24, 2.45) is 0 Å². The smallest absolute Gasteiger partial charge is 0.174 e. The summed E-state index contributed by atoms with van der Waals surface area (Å²) in [4.78, 5) is 6.84. The van der Waals surface area contributed by atoms with Crippen LogP contribution in [0, 0.1) is 26.6 Å². The molecule has 1 fully saturated rings. The molecule has 1 N–H and O–H groups in total. The van der Waals surface area contributed by atoms with Crippen LogP contribution in [0.1, 0.15) is 40.3 Å². The van der Waals surface area contributed by atoms with Crippen molar-refractivity contribution in [3.63, 3.8) is 0 Å². The van der Waals surface area contributed by atoms with Crippen LogP contribution in [0.5, 0.6) is 0 Å². The molecule has 1 saturated heterocycles. The van der Waals surface area contributed by atoms with Crippen LogP contribution in [0.25, 0.3) is 5.69 Å². The number of halogens is 2. The summed E-state index contributed by atoms with van der Waals surface area (Å²) in [6, 6.07) is 20.8. The summed E-state index contributed by atoms with van der Waals surface area (Å²) in [5, 5.41) is 4.19. The number of aryl methyl sites for hydroxylation is 2. The topological polar surface area (TPSA) is 33.1 Å². The number of rotatable bonds is 4. The molecule has 2 aromatic carbocycles. The van der Waals surface area contributed by atoms with E-state index in [4.69, 9.17) is 12.2 Å². The van der Waals surface area contributed by atoms with Gasteiger partial charge in [0.2, 0.25) is 0 Å². The van der Waals surface area contributed by atoms with Gasteiger partial charge in [-0.1, -0.05) is 22.0 Å². The maximum absolute atomic E-state index is 13.6. The summed E-state index contributed by atoms with van der Waals surface area (Å²) in [6.07, 6.45) is 1.81. The first kappa shape index (κ1) is 22.7. The first-order valence-corrected chi connectivity index (χ1v) is 12.3. The number of anilines is 1. The first-order valence-electron chi connectivity index (χ1n) is 11.1. The zero-order valence-electron chi connectivity index (χ0n) is 19.1. The average Bonchev–Trinajstić information content (AvgIpc) is 3.32. The van der Waals surface area contributed by atoms with Crippen molar-refractivity contribution in [3.8, 4) is 5.69 Å². The molecule has 7 heteroatoms. The minimum Gasteiger partial charge on any atom is -0.351 e. The number of nitrogens with zero attached hydrogens (tertiary/aromatic N) is 3. The second-order valence-corrected chi connectivity index (χ2v) is 9.81. The fraction of sp³-hybridized carbons (Fsp3) is 0.185. The molecular formula is C27H24BrFN4S. The van der Waals surface area contributed by atoms with E-state index in [9.17, 15) is 4.39 Å². The molecule has 1 aliphatic rings. The average molecular weight is 535 g/mol. The van der Waals surface area contributed by atoms with Crippen LogP contribution in [0.3, 0.4) is 0 Å². The Hall–Kier alpha value is -3.03. The Morgan fingerprint density at radius 3 is 2.38 bits per heavy atom. The van der Waals surface area contributed by atoms with Crippen LogP contribution in [0.2, 0.25) is 0 Å². The van der Waals surface area contributed by atoms with Gasteiger partial charge in [0.25, 0.3) is 0 Å². The highest BCUT2D eigenvalue weighted by Gasteiger charge is 2.42. The molecule has 4 aromatic rings. The number of thiocarbonyl (C=S) groups is 1. The van der Waals surface area contributed by atoms with Gasteiger partial charge < -0.3 is 14.8 Å². The van der Waals surface area contributed by atoms with E-state index < -0.39 is 0 Å². The molecule has 34 heavy (non-hydrogen) atoms. The number of nitrogens with one attached hydrogen (secondary N) is 1. The van der Waals surface area contributed by atoms with Crippen molar-refractivity contribution in [1.82, 2.24) is 14.9 Å². The van der Waals surface area contributed by atoms with Gasteiger partial charge in [-0.25, -0.2) is 4.39 Å². The molecule has 3 heterocycles. The predicted molar refractivity (Wildman–Crippen MR) is 142 cm³/mol. The SMILES string of the molecule is Cc1cc(N2C(=S)N[C@H](c3ccccn3)[C@H]2c2cc(C)n(-c3ccc(F)cc3)c2C)ccc1Br. The molecule has 172 valence electrons. The number of benzene rings is 2. The lowest BCUT2D eigenvalue weighted by Crippen LogP contribution is -2.29. The summed E-state index contributed by atoms with van der Waals surface area (Å²) >= 11 is 9.48. The summed E-state index contributed by atoms with van der Waals surface area (Å²) in [5.41, 5.74) is 7.31. The Bertz CT molecular complexity index is 1370. The largest absolute Gasteiger partial charge is 0.351 e. The summed E-state index contributed by atoms with van der Waals surface area (Å²) in [5.74, 6) is -0.247. The van der Waals surface area contributed by atoms with Crippen LogP contribution in [-0.2, 0) is 0 Å². The Labute approximate surface area is 212 Å². The predicted octanol–water partition coefficient (Wildman–Crippen LogP) is 6.88. The van der Waals surface area contributed by atoms with E-state index >= 15 is 0 Å². The van der Waals surface area contributed by atoms with Crippen LogP contribution >= 0.6 is 28.1 Å². The van der Waals surface area contributed by atoms with Gasteiger partial charge in [-0.05, 0) is 105 Å². The van der Waals surface area contributed by atoms with Crippen molar-refractivity contribution < 1.29 is 4.39 Å². The van der Waals surface area contributed by atoms with E-state index in [-0.39, 0.29) is 17.9 Å². The van der Waals surface area contributed by atoms with Gasteiger partial charge in [-0.3, -0.25) is 4.98 Å². The van der Waals surface area contributed by atoms with E-state index in [0.717, 1.165) is 44.1 Å². The fourth-order valence-corrected chi connectivity index (χ4v) is 5.39. The third-order valence-corrected chi connectivity index (χ3v) is 7.60. The molecule has 0 radical (unpaired) electrons. The minimum absolute atomic E-state index is 0.108. The molecule has 0 bridgehead atoms. The fourth-order valence-electron chi connectivity index (χ4n) is 4.80. The van der Waals surface area contributed by atoms with E-state index in [0.29, 0.717) is 5.11 Å². The summed E-state index contributed by atoms with van der Waals surface area (Å²) in [7, 11) is 0. The summed E-state index contributed by atoms with van der Waals surface area (Å²) < 4.78 is 16.8. The molecule has 2 atom stereocenters. The summed E-state index contributed by atoms with van der Waals surface area (Å²) in [6.45, 7) is 6.25. The van der Waals surface area contributed by atoms with Crippen molar-refractivity contribution in [2.45, 2.75) is 32.9 Å². The lowest BCUT2D eigenvalue weighted by Gasteiger charge is -2.28. The molecule has 0 spiro atoms. The van der Waals surface area contributed by atoms with Crippen molar-refractivity contribution >= 4 is 38.9 Å². The molecule has 1 aliphatic heterocycles. The van der Waals surface area contributed by atoms with Gasteiger partial charge in [-0.15, -0.1) is 0 Å². The molecular weight excluding hydrogens is 511 g/mol. The van der Waals surface area contributed by atoms with Gasteiger partial charge in [0.15, 0.2) is 5.11 Å². The van der Waals surface area contributed by atoms with Crippen LogP contribution < -0.4 is 10.2 Å². The quantitative estimate of drug-likeness (QED) is 0.289. The Morgan fingerprint density at radius 2 is 1.71 bits per heavy atom. The van der Waals surface area contributed by atoms with Gasteiger partial charge in [0, 0.05) is 33.4 Å². The number of pyridine rings is 1. The Balaban J connectivity index is 1.68. The maximum atomic E-state index is 13.6. The number of aromatic nitrogens is 2. The third kappa shape index (κ3) is 3.93. The molecule has 0 saturated carbocycles. The second kappa shape index (κ2) is 8.96.